The number of ether oxygens (including phenoxy) is 1. The first-order valence-corrected chi connectivity index (χ1v) is 8.55. The smallest absolute Gasteiger partial charge is 0.411 e. The summed E-state index contributed by atoms with van der Waals surface area (Å²) in [6.45, 7) is 6.59. The van der Waals surface area contributed by atoms with E-state index < -0.39 is 6.09 Å². The number of amides is 1. The lowest BCUT2D eigenvalue weighted by molar-refractivity contribution is 0.0126. The zero-order valence-corrected chi connectivity index (χ0v) is 14.7. The van der Waals surface area contributed by atoms with Crippen molar-refractivity contribution in [3.8, 4) is 0 Å². The van der Waals surface area contributed by atoms with Crippen molar-refractivity contribution in [3.63, 3.8) is 0 Å². The van der Waals surface area contributed by atoms with Gasteiger partial charge >= 0.3 is 6.09 Å². The van der Waals surface area contributed by atoms with E-state index in [1.807, 2.05) is 0 Å². The molecule has 2 rings (SSSR count). The Kier molecular flexibility index (Phi) is 5.99. The molecule has 1 amide bonds. The molecular weight excluding hydrogens is 321 g/mol. The minimum Gasteiger partial charge on any atom is -0.446 e. The van der Waals surface area contributed by atoms with E-state index in [9.17, 15) is 4.79 Å². The van der Waals surface area contributed by atoms with Crippen LogP contribution in [0.15, 0.2) is 18.2 Å². The molecule has 22 heavy (non-hydrogen) atoms. The highest BCUT2D eigenvalue weighted by atomic mass is 35.5. The Morgan fingerprint density at radius 3 is 2.64 bits per heavy atom. The fourth-order valence-electron chi connectivity index (χ4n) is 3.11. The van der Waals surface area contributed by atoms with Crippen molar-refractivity contribution in [2.75, 3.05) is 5.32 Å². The summed E-state index contributed by atoms with van der Waals surface area (Å²) in [6.07, 6.45) is 2.80. The molecular formula is C17H23Cl2NO2. The molecule has 0 spiro atoms. The molecule has 0 aromatic heterocycles. The van der Waals surface area contributed by atoms with Crippen LogP contribution < -0.4 is 5.32 Å². The molecule has 1 saturated carbocycles. The van der Waals surface area contributed by atoms with E-state index in [1.165, 1.54) is 6.42 Å². The summed E-state index contributed by atoms with van der Waals surface area (Å²) in [6, 6.07) is 4.98. The second-order valence-electron chi connectivity index (χ2n) is 6.52. The Balaban J connectivity index is 1.98. The first-order chi connectivity index (χ1) is 10.4. The molecule has 1 N–H and O–H groups in total. The maximum Gasteiger partial charge on any atom is 0.411 e. The average Bonchev–Trinajstić information content (AvgIpc) is 2.42. The van der Waals surface area contributed by atoms with Crippen LogP contribution in [0.25, 0.3) is 0 Å². The number of hydrogen-bond donors (Lipinski definition) is 1. The second-order valence-corrected chi connectivity index (χ2v) is 7.34. The molecule has 0 unspecified atom stereocenters. The standard InChI is InChI=1S/C17H23Cl2NO2/c1-10(2)13-6-4-11(3)8-16(13)22-17(21)20-12-5-7-14(18)15(19)9-12/h5,7,9-11,13,16H,4,6,8H2,1-3H3,(H,20,21)/t11-,13+,16-/m1/s1. The topological polar surface area (TPSA) is 38.3 Å². The SMILES string of the molecule is CC(C)[C@@H]1CC[C@@H](C)C[C@H]1OC(=O)Nc1ccc(Cl)c(Cl)c1. The lowest BCUT2D eigenvalue weighted by atomic mass is 9.75. The predicted molar refractivity (Wildman–Crippen MR) is 91.7 cm³/mol. The monoisotopic (exact) mass is 343 g/mol. The van der Waals surface area contributed by atoms with Crippen LogP contribution in [0.5, 0.6) is 0 Å². The number of halogens is 2. The van der Waals surface area contributed by atoms with Gasteiger partial charge in [0, 0.05) is 5.69 Å². The first kappa shape index (κ1) is 17.4. The molecule has 3 atom stereocenters. The van der Waals surface area contributed by atoms with Gasteiger partial charge in [0.05, 0.1) is 10.0 Å². The largest absolute Gasteiger partial charge is 0.446 e. The molecule has 0 bridgehead atoms. The maximum atomic E-state index is 12.1. The van der Waals surface area contributed by atoms with E-state index >= 15 is 0 Å². The molecule has 3 nitrogen and oxygen atoms in total. The lowest BCUT2D eigenvalue weighted by Gasteiger charge is -2.36. The van der Waals surface area contributed by atoms with E-state index in [0.717, 1.165) is 12.8 Å². The van der Waals surface area contributed by atoms with Crippen LogP contribution in [0.3, 0.4) is 0 Å². The molecule has 1 fully saturated rings. The molecule has 0 aliphatic heterocycles. The summed E-state index contributed by atoms with van der Waals surface area (Å²) in [5.41, 5.74) is 0.587. The van der Waals surface area contributed by atoms with Crippen molar-refractivity contribution in [1.29, 1.82) is 0 Å². The van der Waals surface area contributed by atoms with Gasteiger partial charge in [-0.05, 0) is 48.8 Å². The summed E-state index contributed by atoms with van der Waals surface area (Å²) in [7, 11) is 0. The third-order valence-electron chi connectivity index (χ3n) is 4.39. The minimum atomic E-state index is -0.428. The van der Waals surface area contributed by atoms with Crippen molar-refractivity contribution >= 4 is 35.0 Å². The van der Waals surface area contributed by atoms with Crippen molar-refractivity contribution in [3.05, 3.63) is 28.2 Å². The van der Waals surface area contributed by atoms with Crippen LogP contribution >= 0.6 is 23.2 Å². The third kappa shape index (κ3) is 4.53. The van der Waals surface area contributed by atoms with Crippen LogP contribution in [-0.4, -0.2) is 12.2 Å². The predicted octanol–water partition coefficient (Wildman–Crippen LogP) is 6.00. The molecule has 122 valence electrons. The average molecular weight is 344 g/mol. The maximum absolute atomic E-state index is 12.1. The van der Waals surface area contributed by atoms with Crippen LogP contribution in [0.1, 0.15) is 40.0 Å². The van der Waals surface area contributed by atoms with Gasteiger partial charge in [-0.15, -0.1) is 0 Å². The van der Waals surface area contributed by atoms with Gasteiger partial charge in [-0.2, -0.15) is 0 Å². The molecule has 0 saturated heterocycles. The number of anilines is 1. The Morgan fingerprint density at radius 1 is 1.27 bits per heavy atom. The van der Waals surface area contributed by atoms with Gasteiger partial charge in [0.25, 0.3) is 0 Å². The zero-order chi connectivity index (χ0) is 16.3. The van der Waals surface area contributed by atoms with Gasteiger partial charge in [-0.3, -0.25) is 5.32 Å². The normalized spacial score (nSPS) is 25.1. The summed E-state index contributed by atoms with van der Waals surface area (Å²) in [5, 5.41) is 3.60. The Morgan fingerprint density at radius 2 is 2.00 bits per heavy atom. The lowest BCUT2D eigenvalue weighted by Crippen LogP contribution is -2.36. The van der Waals surface area contributed by atoms with E-state index in [4.69, 9.17) is 27.9 Å². The number of carbonyl (C=O) groups is 1. The summed E-state index contributed by atoms with van der Waals surface area (Å²) >= 11 is 11.8. The minimum absolute atomic E-state index is 0.0217. The van der Waals surface area contributed by atoms with Gasteiger partial charge in [0.15, 0.2) is 0 Å². The van der Waals surface area contributed by atoms with Crippen molar-refractivity contribution in [2.45, 2.75) is 46.1 Å². The number of benzene rings is 1. The van der Waals surface area contributed by atoms with Crippen LogP contribution in [-0.2, 0) is 4.74 Å². The molecule has 1 aromatic carbocycles. The van der Waals surface area contributed by atoms with E-state index in [0.29, 0.717) is 33.5 Å². The third-order valence-corrected chi connectivity index (χ3v) is 5.12. The number of carbonyl (C=O) groups excluding carboxylic acids is 1. The van der Waals surface area contributed by atoms with Gasteiger partial charge in [0.1, 0.15) is 6.10 Å². The molecule has 1 aliphatic carbocycles. The van der Waals surface area contributed by atoms with Crippen molar-refractivity contribution in [2.24, 2.45) is 17.8 Å². The Hall–Kier alpha value is -0.930. The van der Waals surface area contributed by atoms with Gasteiger partial charge in [-0.25, -0.2) is 4.79 Å². The molecule has 0 heterocycles. The molecule has 5 heteroatoms. The van der Waals surface area contributed by atoms with Crippen molar-refractivity contribution < 1.29 is 9.53 Å². The Labute approximate surface area is 142 Å². The fourth-order valence-corrected chi connectivity index (χ4v) is 3.41. The fraction of sp³-hybridized carbons (Fsp3) is 0.588. The second kappa shape index (κ2) is 7.56. The van der Waals surface area contributed by atoms with E-state index in [-0.39, 0.29) is 6.10 Å². The quantitative estimate of drug-likeness (QED) is 0.730. The molecule has 1 aliphatic rings. The summed E-state index contributed by atoms with van der Waals surface area (Å²) in [5.74, 6) is 1.53. The van der Waals surface area contributed by atoms with Crippen LogP contribution in [0, 0.1) is 17.8 Å². The zero-order valence-electron chi connectivity index (χ0n) is 13.2. The highest BCUT2D eigenvalue weighted by Crippen LogP contribution is 2.35. The number of hydrogen-bond acceptors (Lipinski definition) is 2. The number of nitrogens with one attached hydrogen (secondary N) is 1. The summed E-state index contributed by atoms with van der Waals surface area (Å²) < 4.78 is 5.68. The van der Waals surface area contributed by atoms with Crippen LogP contribution in [0.4, 0.5) is 10.5 Å². The molecule has 1 aromatic rings. The van der Waals surface area contributed by atoms with Crippen LogP contribution in [0.2, 0.25) is 10.0 Å². The summed E-state index contributed by atoms with van der Waals surface area (Å²) in [4.78, 5) is 12.1. The van der Waals surface area contributed by atoms with Gasteiger partial charge < -0.3 is 4.74 Å². The highest BCUT2D eigenvalue weighted by molar-refractivity contribution is 6.42. The Bertz CT molecular complexity index is 533. The van der Waals surface area contributed by atoms with Gasteiger partial charge in [0.2, 0.25) is 0 Å². The van der Waals surface area contributed by atoms with E-state index in [1.54, 1.807) is 18.2 Å². The highest BCUT2D eigenvalue weighted by Gasteiger charge is 2.33. The molecule has 0 radical (unpaired) electrons. The van der Waals surface area contributed by atoms with Crippen molar-refractivity contribution in [1.82, 2.24) is 0 Å². The van der Waals surface area contributed by atoms with E-state index in [2.05, 4.69) is 26.1 Å². The van der Waals surface area contributed by atoms with Gasteiger partial charge in [-0.1, -0.05) is 50.4 Å². The number of rotatable bonds is 3. The first-order valence-electron chi connectivity index (χ1n) is 7.79.